The number of pyridine rings is 5. The van der Waals surface area contributed by atoms with Gasteiger partial charge < -0.3 is 31.8 Å². The smallest absolute Gasteiger partial charge is 0.262 e. The molecule has 0 aromatic carbocycles. The summed E-state index contributed by atoms with van der Waals surface area (Å²) in [5.41, 5.74) is 13.2. The van der Waals surface area contributed by atoms with E-state index in [2.05, 4.69) is 30.6 Å². The van der Waals surface area contributed by atoms with Crippen LogP contribution in [0.3, 0.4) is 0 Å². The van der Waals surface area contributed by atoms with Crippen molar-refractivity contribution < 1.29 is 5.11 Å². The first-order valence-electron chi connectivity index (χ1n) is 15.7. The van der Waals surface area contributed by atoms with Gasteiger partial charge in [0.1, 0.15) is 27.8 Å². The van der Waals surface area contributed by atoms with E-state index in [9.17, 15) is 9.90 Å². The van der Waals surface area contributed by atoms with Gasteiger partial charge in [-0.25, -0.2) is 19.9 Å². The summed E-state index contributed by atoms with van der Waals surface area (Å²) < 4.78 is 1.49. The molecule has 7 N–H and O–H groups in total. The molecule has 5 aromatic heterocycles. The van der Waals surface area contributed by atoms with Crippen LogP contribution >= 0.6 is 23.2 Å². The number of rotatable bonds is 7. The van der Waals surface area contributed by atoms with Crippen molar-refractivity contribution in [1.29, 1.82) is 5.26 Å². The average molecular weight is 720 g/mol. The number of halogens is 2. The third kappa shape index (κ3) is 12.0. The van der Waals surface area contributed by atoms with E-state index < -0.39 is 5.54 Å². The van der Waals surface area contributed by atoms with Gasteiger partial charge in [0.2, 0.25) is 0 Å². The lowest BCUT2D eigenvalue weighted by Gasteiger charge is -2.23. The fraction of sp³-hybridized carbons (Fsp3) is 0.333. The summed E-state index contributed by atoms with van der Waals surface area (Å²) in [6.07, 6.45) is 6.55. The zero-order chi connectivity index (χ0) is 37.3. The fourth-order valence-corrected chi connectivity index (χ4v) is 4.75. The third-order valence-corrected chi connectivity index (χ3v) is 7.29. The molecule has 5 heterocycles. The first-order valence-corrected chi connectivity index (χ1v) is 16.4. The van der Waals surface area contributed by atoms with Crippen molar-refractivity contribution in [3.05, 3.63) is 111 Å². The van der Waals surface area contributed by atoms with Crippen LogP contribution in [0, 0.1) is 11.3 Å². The van der Waals surface area contributed by atoms with Gasteiger partial charge in [-0.1, -0.05) is 23.2 Å². The number of nitrogens with one attached hydrogen (secondary N) is 2. The summed E-state index contributed by atoms with van der Waals surface area (Å²) >= 11 is 11.1. The molecule has 0 radical (unpaired) electrons. The van der Waals surface area contributed by atoms with Gasteiger partial charge in [0.25, 0.3) is 5.56 Å². The van der Waals surface area contributed by atoms with E-state index in [1.807, 2.05) is 84.9 Å². The largest absolute Gasteiger partial charge is 0.395 e. The van der Waals surface area contributed by atoms with E-state index in [1.165, 1.54) is 16.8 Å². The Morgan fingerprint density at radius 1 is 0.840 bits per heavy atom. The Balaban J connectivity index is 0.000000273. The Morgan fingerprint density at radius 2 is 1.42 bits per heavy atom. The number of nitrogens with zero attached hydrogens (tertiary/aromatic N) is 6. The predicted octanol–water partition coefficient (Wildman–Crippen LogP) is 6.47. The van der Waals surface area contributed by atoms with Gasteiger partial charge in [-0.05, 0) is 114 Å². The van der Waals surface area contributed by atoms with E-state index in [4.69, 9.17) is 39.9 Å². The van der Waals surface area contributed by atoms with Crippen LogP contribution in [0.25, 0.3) is 10.8 Å². The number of fused-ring (bicyclic) bond motifs is 1. The maximum atomic E-state index is 13.0. The van der Waals surface area contributed by atoms with E-state index in [-0.39, 0.29) is 29.8 Å². The van der Waals surface area contributed by atoms with Crippen molar-refractivity contribution >= 4 is 51.4 Å². The molecule has 0 aliphatic carbocycles. The zero-order valence-corrected chi connectivity index (χ0v) is 30.8. The number of nitriles is 1. The number of aliphatic hydroxyl groups excluding tert-OH is 1. The second-order valence-corrected chi connectivity index (χ2v) is 14.4. The molecular formula is C36H44Cl2N10O2. The van der Waals surface area contributed by atoms with Gasteiger partial charge in [0.15, 0.2) is 0 Å². The Labute approximate surface area is 302 Å². The van der Waals surface area contributed by atoms with E-state index >= 15 is 0 Å². The summed E-state index contributed by atoms with van der Waals surface area (Å²) in [7, 11) is 0. The minimum atomic E-state index is -0.493. The molecule has 12 nitrogen and oxygen atoms in total. The molecule has 14 heteroatoms. The molecule has 0 bridgehead atoms. The molecule has 0 fully saturated rings. The lowest BCUT2D eigenvalue weighted by atomic mass is 9.97. The quantitative estimate of drug-likeness (QED) is 0.116. The van der Waals surface area contributed by atoms with E-state index in [0.717, 1.165) is 16.5 Å². The van der Waals surface area contributed by atoms with Gasteiger partial charge in [0, 0.05) is 47.9 Å². The molecule has 50 heavy (non-hydrogen) atoms. The third-order valence-electron chi connectivity index (χ3n) is 6.88. The van der Waals surface area contributed by atoms with Crippen molar-refractivity contribution in [2.45, 2.75) is 71.6 Å². The van der Waals surface area contributed by atoms with Gasteiger partial charge in [-0.3, -0.25) is 4.79 Å². The average Bonchev–Trinajstić information content (AvgIpc) is 3.01. The van der Waals surface area contributed by atoms with Gasteiger partial charge in [-0.15, -0.1) is 0 Å². The van der Waals surface area contributed by atoms with Crippen LogP contribution in [-0.2, 0) is 17.6 Å². The number of anilines is 3. The van der Waals surface area contributed by atoms with Crippen LogP contribution in [0.1, 0.15) is 65.2 Å². The molecule has 5 rings (SSSR count). The monoisotopic (exact) mass is 718 g/mol. The standard InChI is InChI=1S/C22H30N6O2.C8H11ClN2.C6H3ClN2/c1-21(2,3)27-19-18-14(7-9-28(10-11-29)20(18)30)12-17(26-19)25-16-13-15(6-8-24-16)22(4,5)23;1-8(2,10)6-3-4-11-7(9)5-6;7-6-3-5(4-8)1-2-9-6/h6-9,12-13,29H,10-11,23H2,1-5H3,(H2,24,25,26,27);3-5H,10H2,1-2H3;1-3H. The maximum Gasteiger partial charge on any atom is 0.262 e. The number of hydrogen-bond acceptors (Lipinski definition) is 11. The van der Waals surface area contributed by atoms with Crippen LogP contribution < -0.4 is 27.7 Å². The second kappa shape index (κ2) is 16.8. The van der Waals surface area contributed by atoms with Crippen molar-refractivity contribution in [2.75, 3.05) is 17.2 Å². The molecule has 0 aliphatic rings. The fourth-order valence-electron chi connectivity index (χ4n) is 4.40. The molecular weight excluding hydrogens is 675 g/mol. The van der Waals surface area contributed by atoms with Crippen LogP contribution in [0.5, 0.6) is 0 Å². The summed E-state index contributed by atoms with van der Waals surface area (Å²) in [5.74, 6) is 1.66. The molecule has 0 unspecified atom stereocenters. The van der Waals surface area contributed by atoms with Crippen molar-refractivity contribution in [3.8, 4) is 6.07 Å². The minimum absolute atomic E-state index is 0.111. The molecule has 0 aliphatic heterocycles. The Morgan fingerprint density at radius 3 is 1.92 bits per heavy atom. The van der Waals surface area contributed by atoms with Crippen LogP contribution in [0.4, 0.5) is 17.5 Å². The van der Waals surface area contributed by atoms with Gasteiger partial charge >= 0.3 is 0 Å². The molecule has 0 spiro atoms. The summed E-state index contributed by atoms with van der Waals surface area (Å²) in [5, 5.41) is 26.2. The first-order chi connectivity index (χ1) is 23.3. The molecule has 0 atom stereocenters. The minimum Gasteiger partial charge on any atom is -0.395 e. The molecule has 0 amide bonds. The number of nitrogens with two attached hydrogens (primary N) is 2. The van der Waals surface area contributed by atoms with E-state index in [0.29, 0.717) is 38.7 Å². The molecule has 5 aromatic rings. The topological polar surface area (TPSA) is 194 Å². The number of aliphatic hydroxyl groups is 1. The summed E-state index contributed by atoms with van der Waals surface area (Å²) in [6, 6.07) is 16.1. The van der Waals surface area contributed by atoms with Crippen LogP contribution in [-0.4, -0.2) is 41.8 Å². The lowest BCUT2D eigenvalue weighted by molar-refractivity contribution is 0.274. The predicted molar refractivity (Wildman–Crippen MR) is 202 cm³/mol. The first kappa shape index (κ1) is 39.8. The summed E-state index contributed by atoms with van der Waals surface area (Å²) in [6.45, 7) is 13.9. The van der Waals surface area contributed by atoms with Crippen molar-refractivity contribution in [2.24, 2.45) is 11.5 Å². The highest BCUT2D eigenvalue weighted by Gasteiger charge is 2.19. The Hall–Kier alpha value is -4.64. The highest BCUT2D eigenvalue weighted by molar-refractivity contribution is 6.29. The lowest BCUT2D eigenvalue weighted by Crippen LogP contribution is -2.29. The molecule has 264 valence electrons. The summed E-state index contributed by atoms with van der Waals surface area (Å²) in [4.78, 5) is 29.6. The van der Waals surface area contributed by atoms with Crippen molar-refractivity contribution in [3.63, 3.8) is 0 Å². The van der Waals surface area contributed by atoms with Gasteiger partial charge in [-0.2, -0.15) is 5.26 Å². The number of hydrogen-bond donors (Lipinski definition) is 5. The molecule has 0 saturated heterocycles. The maximum absolute atomic E-state index is 13.0. The SMILES string of the molecule is CC(C)(C)Nc1nc(Nc2cc(C(C)(C)N)ccn2)cc2ccn(CCO)c(=O)c12.CC(C)(N)c1ccnc(Cl)c1.N#Cc1ccnc(Cl)c1. The second-order valence-electron chi connectivity index (χ2n) is 13.6. The highest BCUT2D eigenvalue weighted by atomic mass is 35.5. The van der Waals surface area contributed by atoms with Crippen molar-refractivity contribution in [1.82, 2.24) is 24.5 Å². The van der Waals surface area contributed by atoms with E-state index in [1.54, 1.807) is 30.7 Å². The normalized spacial score (nSPS) is 11.4. The van der Waals surface area contributed by atoms with Gasteiger partial charge in [0.05, 0.1) is 23.6 Å². The zero-order valence-electron chi connectivity index (χ0n) is 29.3. The van der Waals surface area contributed by atoms with Crippen LogP contribution in [0.15, 0.2) is 78.1 Å². The number of aromatic nitrogens is 5. The Kier molecular flexibility index (Phi) is 13.4. The Bertz CT molecular complexity index is 2010. The molecule has 0 saturated carbocycles. The highest BCUT2D eigenvalue weighted by Crippen LogP contribution is 2.27. The van der Waals surface area contributed by atoms with Crippen LogP contribution in [0.2, 0.25) is 10.3 Å².